The Morgan fingerprint density at radius 1 is 1.19 bits per heavy atom. The number of piperidine rings is 1. The number of amides is 1. The number of benzene rings is 2. The molecular weight excluding hydrogens is 537 g/mol. The summed E-state index contributed by atoms with van der Waals surface area (Å²) in [4.78, 5) is 17.5. The summed E-state index contributed by atoms with van der Waals surface area (Å²) in [5.41, 5.74) is 3.65. The molecule has 0 spiro atoms. The number of halogens is 1. The normalized spacial score (nSPS) is 15.7. The monoisotopic (exact) mass is 574 g/mol. The zero-order valence-corrected chi connectivity index (χ0v) is 24.3. The van der Waals surface area contributed by atoms with Crippen LogP contribution in [0.25, 0.3) is 0 Å². The largest absolute Gasteiger partial charge is 0.454 e. The van der Waals surface area contributed by atoms with Crippen molar-refractivity contribution in [3.63, 3.8) is 0 Å². The maximum Gasteiger partial charge on any atom is 0.258 e. The molecule has 9 nitrogen and oxygen atoms in total. The van der Waals surface area contributed by atoms with Gasteiger partial charge in [0.2, 0.25) is 18.7 Å². The first kappa shape index (κ1) is 29.1. The molecule has 1 fully saturated rings. The number of hydrogen-bond acceptors (Lipinski definition) is 7. The molecule has 3 heterocycles. The number of carbonyl (C=O) groups is 1. The number of fused-ring (bicyclic) bond motifs is 1. The molecule has 2 aliphatic heterocycles. The van der Waals surface area contributed by atoms with Crippen molar-refractivity contribution in [1.29, 1.82) is 5.26 Å². The van der Waals surface area contributed by atoms with Crippen molar-refractivity contribution in [3.8, 4) is 17.6 Å². The summed E-state index contributed by atoms with van der Waals surface area (Å²) in [6.07, 6.45) is 4.08. The van der Waals surface area contributed by atoms with Crippen molar-refractivity contribution < 1.29 is 28.6 Å². The van der Waals surface area contributed by atoms with Gasteiger partial charge in [0.15, 0.2) is 11.5 Å². The van der Waals surface area contributed by atoms with Gasteiger partial charge in [0.25, 0.3) is 5.91 Å². The van der Waals surface area contributed by atoms with Gasteiger partial charge in [-0.3, -0.25) is 10.0 Å². The number of nitrogens with one attached hydrogen (secondary N) is 1. The molecule has 2 aliphatic rings. The molecule has 3 aromatic rings. The molecule has 42 heavy (non-hydrogen) atoms. The summed E-state index contributed by atoms with van der Waals surface area (Å²) < 4.78 is 26.9. The second-order valence-electron chi connectivity index (χ2n) is 11.0. The van der Waals surface area contributed by atoms with Crippen molar-refractivity contribution in [1.82, 2.24) is 10.2 Å². The highest BCUT2D eigenvalue weighted by molar-refractivity contribution is 5.96. The smallest absolute Gasteiger partial charge is 0.258 e. The lowest BCUT2D eigenvalue weighted by Gasteiger charge is -2.42. The van der Waals surface area contributed by atoms with E-state index in [1.54, 1.807) is 19.1 Å². The van der Waals surface area contributed by atoms with Crippen LogP contribution in [0.1, 0.15) is 58.9 Å². The van der Waals surface area contributed by atoms with E-state index in [9.17, 15) is 19.7 Å². The van der Waals surface area contributed by atoms with E-state index in [0.29, 0.717) is 47.0 Å². The molecule has 1 atom stereocenters. The zero-order valence-electron chi connectivity index (χ0n) is 24.3. The Kier molecular flexibility index (Phi) is 8.78. The number of hydrogen-bond donors (Lipinski definition) is 2. The Morgan fingerprint density at radius 3 is 2.71 bits per heavy atom. The molecule has 1 unspecified atom stereocenters. The molecule has 10 heteroatoms. The number of aromatic nitrogens is 1. The molecule has 220 valence electrons. The van der Waals surface area contributed by atoms with Gasteiger partial charge in [0, 0.05) is 73.3 Å². The van der Waals surface area contributed by atoms with Crippen LogP contribution >= 0.6 is 0 Å². The van der Waals surface area contributed by atoms with Crippen molar-refractivity contribution >= 4 is 11.6 Å². The van der Waals surface area contributed by atoms with Gasteiger partial charge in [0.1, 0.15) is 11.4 Å². The number of nitrogens with zero attached hydrogens (tertiary/aromatic N) is 4. The molecule has 0 saturated carbocycles. The van der Waals surface area contributed by atoms with Gasteiger partial charge >= 0.3 is 0 Å². The summed E-state index contributed by atoms with van der Waals surface area (Å²) in [6, 6.07) is 14.5. The minimum absolute atomic E-state index is 0.160. The summed E-state index contributed by atoms with van der Waals surface area (Å²) >= 11 is 0. The molecule has 2 aromatic carbocycles. The Hall–Kier alpha value is -4.36. The van der Waals surface area contributed by atoms with E-state index in [0.717, 1.165) is 48.3 Å². The number of rotatable bonds is 9. The van der Waals surface area contributed by atoms with Gasteiger partial charge in [-0.25, -0.2) is 4.39 Å². The third-order valence-corrected chi connectivity index (χ3v) is 8.41. The molecule has 2 N–H and O–H groups in total. The van der Waals surface area contributed by atoms with E-state index in [2.05, 4.69) is 28.1 Å². The van der Waals surface area contributed by atoms with Gasteiger partial charge in [-0.15, -0.1) is 0 Å². The molecule has 1 amide bonds. The van der Waals surface area contributed by atoms with Gasteiger partial charge in [0.05, 0.1) is 11.6 Å². The van der Waals surface area contributed by atoms with Crippen molar-refractivity contribution in [3.05, 3.63) is 82.4 Å². The SMILES string of the molecule is Cc1cc[n+](O)c(C)c1C(=O)NCCC(C)N1CCC(N(Cc2cc(C#N)ccc2F)c2ccc3c(c2)OCO3)CC1. The predicted molar refractivity (Wildman–Crippen MR) is 154 cm³/mol. The van der Waals surface area contributed by atoms with Crippen LogP contribution in [0.15, 0.2) is 48.7 Å². The third-order valence-electron chi connectivity index (χ3n) is 8.41. The average molecular weight is 575 g/mol. The lowest BCUT2D eigenvalue weighted by molar-refractivity contribution is -0.908. The number of pyridine rings is 1. The second-order valence-corrected chi connectivity index (χ2v) is 11.0. The Balaban J connectivity index is 1.22. The van der Waals surface area contributed by atoms with Crippen molar-refractivity contribution in [2.24, 2.45) is 0 Å². The van der Waals surface area contributed by atoms with Gasteiger partial charge in [-0.1, -0.05) is 0 Å². The van der Waals surface area contributed by atoms with E-state index < -0.39 is 0 Å². The summed E-state index contributed by atoms with van der Waals surface area (Å²) in [5, 5.41) is 22.3. The van der Waals surface area contributed by atoms with Crippen LogP contribution in [-0.2, 0) is 6.54 Å². The molecule has 0 aliphatic carbocycles. The van der Waals surface area contributed by atoms with Gasteiger partial charge in [-0.2, -0.15) is 5.26 Å². The standard InChI is InChI=1S/C32H36FN5O4/c1-21-9-15-38(40)23(3)31(21)32(39)35-12-8-22(2)36-13-10-26(11-14-36)37(19-25-16-24(18-34)4-6-28(25)33)27-5-7-29-30(17-27)42-20-41-29/h4-7,9,15-17,22,26H,8,10-14,19-20H2,1-3H3,(H-,35,39,40)/p+1. The highest BCUT2D eigenvalue weighted by Crippen LogP contribution is 2.37. The maximum absolute atomic E-state index is 14.9. The summed E-state index contributed by atoms with van der Waals surface area (Å²) in [7, 11) is 0. The molecule has 0 bridgehead atoms. The number of aryl methyl sites for hydroxylation is 1. The Labute approximate surface area is 245 Å². The van der Waals surface area contributed by atoms with Crippen LogP contribution in [0.4, 0.5) is 10.1 Å². The minimum Gasteiger partial charge on any atom is -0.454 e. The highest BCUT2D eigenvalue weighted by atomic mass is 19.1. The van der Waals surface area contributed by atoms with Crippen LogP contribution in [-0.4, -0.2) is 54.5 Å². The van der Waals surface area contributed by atoms with E-state index in [-0.39, 0.29) is 30.6 Å². The lowest BCUT2D eigenvalue weighted by atomic mass is 9.98. The quantitative estimate of drug-likeness (QED) is 0.291. The number of carbonyl (C=O) groups excluding carboxylic acids is 1. The number of anilines is 1. The first-order chi connectivity index (χ1) is 20.2. The fourth-order valence-electron chi connectivity index (χ4n) is 5.87. The van der Waals surface area contributed by atoms with Crippen molar-refractivity contribution in [2.75, 3.05) is 31.3 Å². The molecule has 5 rings (SSSR count). The van der Waals surface area contributed by atoms with Crippen LogP contribution in [0.2, 0.25) is 0 Å². The van der Waals surface area contributed by atoms with E-state index in [4.69, 9.17) is 9.47 Å². The minimum atomic E-state index is -0.331. The molecule has 1 aromatic heterocycles. The highest BCUT2D eigenvalue weighted by Gasteiger charge is 2.29. The maximum atomic E-state index is 14.9. The predicted octanol–water partition coefficient (Wildman–Crippen LogP) is 4.25. The number of nitriles is 1. The van der Waals surface area contributed by atoms with Gasteiger partial charge < -0.3 is 24.6 Å². The Bertz CT molecular complexity index is 1500. The topological polar surface area (TPSA) is 102 Å². The summed E-state index contributed by atoms with van der Waals surface area (Å²) in [5.74, 6) is 0.848. The van der Waals surface area contributed by atoms with Crippen LogP contribution in [0, 0.1) is 31.0 Å². The third kappa shape index (κ3) is 6.26. The van der Waals surface area contributed by atoms with Crippen LogP contribution in [0.3, 0.4) is 0 Å². The molecule has 0 radical (unpaired) electrons. The van der Waals surface area contributed by atoms with E-state index in [1.165, 1.54) is 18.3 Å². The molecule has 1 saturated heterocycles. The van der Waals surface area contributed by atoms with Crippen molar-refractivity contribution in [2.45, 2.75) is 58.7 Å². The Morgan fingerprint density at radius 2 is 1.95 bits per heavy atom. The number of likely N-dealkylation sites (tertiary alicyclic amines) is 1. The fourth-order valence-corrected chi connectivity index (χ4v) is 5.87. The van der Waals surface area contributed by atoms with Crippen LogP contribution < -0.4 is 24.4 Å². The average Bonchev–Trinajstić information content (AvgIpc) is 3.47. The van der Waals surface area contributed by atoms with Gasteiger partial charge in [-0.05, 0) is 69.0 Å². The lowest BCUT2D eigenvalue weighted by Crippen LogP contribution is -2.48. The second kappa shape index (κ2) is 12.7. The first-order valence-corrected chi connectivity index (χ1v) is 14.3. The fraction of sp³-hybridized carbons (Fsp3) is 0.406. The zero-order chi connectivity index (χ0) is 29.8. The molecular formula is C32H37FN5O4+. The summed E-state index contributed by atoms with van der Waals surface area (Å²) in [6.45, 7) is 8.51. The van der Waals surface area contributed by atoms with E-state index in [1.807, 2.05) is 25.1 Å². The van der Waals surface area contributed by atoms with E-state index >= 15 is 0 Å². The number of ether oxygens (including phenoxy) is 2. The first-order valence-electron chi connectivity index (χ1n) is 14.3. The van der Waals surface area contributed by atoms with Crippen LogP contribution in [0.5, 0.6) is 11.5 Å².